The Morgan fingerprint density at radius 2 is 1.87 bits per heavy atom. The molecule has 2 aliphatic rings. The summed E-state index contributed by atoms with van der Waals surface area (Å²) in [5.74, 6) is -1.30. The molecule has 3 amide bonds. The summed E-state index contributed by atoms with van der Waals surface area (Å²) in [5, 5.41) is 6.02. The van der Waals surface area contributed by atoms with Crippen molar-refractivity contribution < 1.29 is 14.4 Å². The van der Waals surface area contributed by atoms with Crippen LogP contribution in [0.5, 0.6) is 0 Å². The van der Waals surface area contributed by atoms with Crippen molar-refractivity contribution in [3.8, 4) is 0 Å². The second-order valence-corrected chi connectivity index (χ2v) is 8.84. The summed E-state index contributed by atoms with van der Waals surface area (Å²) in [6, 6.07) is 5.94. The van der Waals surface area contributed by atoms with Gasteiger partial charge in [0.15, 0.2) is 0 Å². The van der Waals surface area contributed by atoms with Gasteiger partial charge in [-0.1, -0.05) is 38.7 Å². The fourth-order valence-electron chi connectivity index (χ4n) is 4.51. The first kappa shape index (κ1) is 22.3. The molecule has 1 aliphatic carbocycles. The Balaban J connectivity index is 1.70. The summed E-state index contributed by atoms with van der Waals surface area (Å²) in [5.41, 5.74) is 2.26. The Hall–Kier alpha value is -2.37. The highest BCUT2D eigenvalue weighted by Gasteiger charge is 2.45. The fourth-order valence-corrected chi connectivity index (χ4v) is 4.51. The number of aryl methyl sites for hydroxylation is 2. The molecule has 6 heteroatoms. The van der Waals surface area contributed by atoms with Crippen molar-refractivity contribution in [2.75, 3.05) is 18.0 Å². The van der Waals surface area contributed by atoms with Crippen LogP contribution in [-0.4, -0.2) is 36.3 Å². The highest BCUT2D eigenvalue weighted by Crippen LogP contribution is 2.31. The molecule has 164 valence electrons. The zero-order chi connectivity index (χ0) is 21.7. The van der Waals surface area contributed by atoms with Crippen molar-refractivity contribution in [3.05, 3.63) is 29.3 Å². The van der Waals surface area contributed by atoms with Crippen LogP contribution in [0.4, 0.5) is 5.69 Å². The third-order valence-electron chi connectivity index (χ3n) is 6.64. The van der Waals surface area contributed by atoms with E-state index in [0.717, 1.165) is 43.4 Å². The highest BCUT2D eigenvalue weighted by atomic mass is 16.2. The molecule has 0 bridgehead atoms. The van der Waals surface area contributed by atoms with Gasteiger partial charge in [0.1, 0.15) is 11.5 Å². The number of hydrogen-bond acceptors (Lipinski definition) is 3. The lowest BCUT2D eigenvalue weighted by Gasteiger charge is -2.37. The molecule has 6 nitrogen and oxygen atoms in total. The van der Waals surface area contributed by atoms with Crippen LogP contribution in [-0.2, 0) is 14.4 Å². The molecular formula is C24H35N3O3. The average Bonchev–Trinajstić information content (AvgIpc) is 3.12. The van der Waals surface area contributed by atoms with Gasteiger partial charge in [0, 0.05) is 18.8 Å². The lowest BCUT2D eigenvalue weighted by Crippen LogP contribution is -2.61. The standard InChI is InChI=1S/C24H35N3O3/c1-4-5-14-25-23(30)24(12-7-6-8-13-24)26-21(28)20-11-15-27(22(20)29)19-10-9-17(2)18(3)16-19/h9-10,16,20H,4-8,11-15H2,1-3H3,(H,25,30)(H,26,28). The summed E-state index contributed by atoms with van der Waals surface area (Å²) in [6.45, 7) is 7.28. The molecule has 1 heterocycles. The van der Waals surface area contributed by atoms with E-state index in [1.165, 1.54) is 5.56 Å². The van der Waals surface area contributed by atoms with E-state index < -0.39 is 11.5 Å². The van der Waals surface area contributed by atoms with Crippen molar-refractivity contribution in [1.82, 2.24) is 10.6 Å². The molecule has 30 heavy (non-hydrogen) atoms. The van der Waals surface area contributed by atoms with Crippen molar-refractivity contribution in [1.29, 1.82) is 0 Å². The van der Waals surface area contributed by atoms with Gasteiger partial charge in [-0.25, -0.2) is 0 Å². The van der Waals surface area contributed by atoms with E-state index in [4.69, 9.17) is 0 Å². The molecule has 0 spiro atoms. The Bertz CT molecular complexity index is 799. The van der Waals surface area contributed by atoms with Gasteiger partial charge >= 0.3 is 0 Å². The van der Waals surface area contributed by atoms with Crippen LogP contribution >= 0.6 is 0 Å². The van der Waals surface area contributed by atoms with Gasteiger partial charge in [0.2, 0.25) is 17.7 Å². The van der Waals surface area contributed by atoms with Crippen molar-refractivity contribution in [3.63, 3.8) is 0 Å². The Morgan fingerprint density at radius 1 is 1.13 bits per heavy atom. The maximum Gasteiger partial charge on any atom is 0.245 e. The SMILES string of the molecule is CCCCNC(=O)C1(NC(=O)C2CCN(c3ccc(C)c(C)c3)C2=O)CCCCC1. The first-order valence-corrected chi connectivity index (χ1v) is 11.4. The molecule has 0 aromatic heterocycles. The molecule has 1 atom stereocenters. The third kappa shape index (κ3) is 4.68. The maximum atomic E-state index is 13.1. The first-order chi connectivity index (χ1) is 14.4. The van der Waals surface area contributed by atoms with Gasteiger partial charge in [0.05, 0.1) is 0 Å². The number of nitrogens with one attached hydrogen (secondary N) is 2. The Morgan fingerprint density at radius 3 is 2.53 bits per heavy atom. The summed E-state index contributed by atoms with van der Waals surface area (Å²) < 4.78 is 0. The van der Waals surface area contributed by atoms with Crippen LogP contribution in [0.1, 0.15) is 69.4 Å². The van der Waals surface area contributed by atoms with Crippen molar-refractivity contribution in [2.24, 2.45) is 5.92 Å². The molecular weight excluding hydrogens is 378 g/mol. The molecule has 0 radical (unpaired) electrons. The quantitative estimate of drug-likeness (QED) is 0.531. The van der Waals surface area contributed by atoms with Gasteiger partial charge in [-0.2, -0.15) is 0 Å². The zero-order valence-electron chi connectivity index (χ0n) is 18.6. The first-order valence-electron chi connectivity index (χ1n) is 11.4. The van der Waals surface area contributed by atoms with Crippen molar-refractivity contribution in [2.45, 2.75) is 77.7 Å². The number of anilines is 1. The van der Waals surface area contributed by atoms with Crippen LogP contribution < -0.4 is 15.5 Å². The summed E-state index contributed by atoms with van der Waals surface area (Å²) >= 11 is 0. The smallest absolute Gasteiger partial charge is 0.245 e. The molecule has 1 aromatic carbocycles. The van der Waals surface area contributed by atoms with Gasteiger partial charge < -0.3 is 15.5 Å². The normalized spacial score (nSPS) is 20.8. The molecule has 2 N–H and O–H groups in total. The number of rotatable bonds is 7. The lowest BCUT2D eigenvalue weighted by atomic mass is 9.80. The van der Waals surface area contributed by atoms with Gasteiger partial charge in [0.25, 0.3) is 0 Å². The summed E-state index contributed by atoms with van der Waals surface area (Å²) in [6.07, 6.45) is 6.57. The Labute approximate surface area is 179 Å². The van der Waals surface area contributed by atoms with E-state index in [-0.39, 0.29) is 17.7 Å². The topological polar surface area (TPSA) is 78.5 Å². The van der Waals surface area contributed by atoms with E-state index in [2.05, 4.69) is 17.6 Å². The highest BCUT2D eigenvalue weighted by molar-refractivity contribution is 6.10. The van der Waals surface area contributed by atoms with Gasteiger partial charge in [-0.15, -0.1) is 0 Å². The van der Waals surface area contributed by atoms with E-state index in [1.807, 2.05) is 32.0 Å². The van der Waals surface area contributed by atoms with E-state index in [1.54, 1.807) is 4.90 Å². The zero-order valence-corrected chi connectivity index (χ0v) is 18.6. The second-order valence-electron chi connectivity index (χ2n) is 8.84. The molecule has 1 unspecified atom stereocenters. The molecule has 1 saturated heterocycles. The lowest BCUT2D eigenvalue weighted by molar-refractivity contribution is -0.139. The largest absolute Gasteiger partial charge is 0.354 e. The molecule has 1 aromatic rings. The third-order valence-corrected chi connectivity index (χ3v) is 6.64. The number of carbonyl (C=O) groups excluding carboxylic acids is 3. The van der Waals surface area contributed by atoms with E-state index in [0.29, 0.717) is 32.4 Å². The Kier molecular flexibility index (Phi) is 7.16. The monoisotopic (exact) mass is 413 g/mol. The fraction of sp³-hybridized carbons (Fsp3) is 0.625. The van der Waals surface area contributed by atoms with Crippen LogP contribution in [0.2, 0.25) is 0 Å². The minimum absolute atomic E-state index is 0.0968. The van der Waals surface area contributed by atoms with Crippen molar-refractivity contribution >= 4 is 23.4 Å². The number of amides is 3. The number of carbonyl (C=O) groups is 3. The maximum absolute atomic E-state index is 13.1. The van der Waals surface area contributed by atoms with Crippen LogP contribution in [0.15, 0.2) is 18.2 Å². The molecule has 1 saturated carbocycles. The average molecular weight is 414 g/mol. The molecule has 3 rings (SSSR count). The minimum atomic E-state index is -0.878. The molecule has 1 aliphatic heterocycles. The van der Waals surface area contributed by atoms with Crippen LogP contribution in [0, 0.1) is 19.8 Å². The molecule has 2 fully saturated rings. The summed E-state index contributed by atoms with van der Waals surface area (Å²) in [4.78, 5) is 40.8. The van der Waals surface area contributed by atoms with Crippen LogP contribution in [0.25, 0.3) is 0 Å². The predicted octanol–water partition coefficient (Wildman–Crippen LogP) is 3.39. The second kappa shape index (κ2) is 9.63. The van der Waals surface area contributed by atoms with E-state index in [9.17, 15) is 14.4 Å². The predicted molar refractivity (Wildman–Crippen MR) is 118 cm³/mol. The number of benzene rings is 1. The van der Waals surface area contributed by atoms with Gasteiger partial charge in [-0.3, -0.25) is 14.4 Å². The van der Waals surface area contributed by atoms with Gasteiger partial charge in [-0.05, 0) is 62.8 Å². The van der Waals surface area contributed by atoms with Crippen LogP contribution in [0.3, 0.4) is 0 Å². The number of hydrogen-bond donors (Lipinski definition) is 2. The number of unbranched alkanes of at least 4 members (excludes halogenated alkanes) is 1. The number of nitrogens with zero attached hydrogens (tertiary/aromatic N) is 1. The summed E-state index contributed by atoms with van der Waals surface area (Å²) in [7, 11) is 0. The van der Waals surface area contributed by atoms with E-state index >= 15 is 0 Å². The minimum Gasteiger partial charge on any atom is -0.354 e.